The van der Waals surface area contributed by atoms with Crippen molar-refractivity contribution in [2.24, 2.45) is 5.73 Å². The summed E-state index contributed by atoms with van der Waals surface area (Å²) in [4.78, 5) is 0. The summed E-state index contributed by atoms with van der Waals surface area (Å²) in [7, 11) is 0. The van der Waals surface area contributed by atoms with Crippen molar-refractivity contribution in [2.75, 3.05) is 0 Å². The van der Waals surface area contributed by atoms with Gasteiger partial charge in [-0.05, 0) is 46.6 Å². The number of nitrogens with two attached hydrogens (primary N) is 1. The fourth-order valence-electron chi connectivity index (χ4n) is 1.65. The predicted molar refractivity (Wildman–Crippen MR) is 91.0 cm³/mol. The van der Waals surface area contributed by atoms with Crippen molar-refractivity contribution in [1.29, 1.82) is 0 Å². The molecule has 0 spiro atoms. The van der Waals surface area contributed by atoms with E-state index in [-0.39, 0.29) is 6.04 Å². The summed E-state index contributed by atoms with van der Waals surface area (Å²) in [5.41, 5.74) is 6.87. The van der Waals surface area contributed by atoms with Gasteiger partial charge in [-0.1, -0.05) is 45.2 Å². The second-order valence-corrected chi connectivity index (χ2v) is 6.79. The molecule has 2 nitrogen and oxygen atoms in total. The Morgan fingerprint density at radius 3 is 2.35 bits per heavy atom. The molecule has 0 aliphatic carbocycles. The maximum Gasteiger partial charge on any atom is 0.147 e. The standard InChI is InChI=1S/C14H11Br2Cl2NO/c1-7(19)9-3-2-8(4-10(9)15)20-14-6-12(17)11(16)5-13(14)18/h2-7H,19H2,1H3/t7-/m1/s1. The third-order valence-corrected chi connectivity index (χ3v) is 4.84. The molecule has 0 aromatic heterocycles. The SMILES string of the molecule is C[C@@H](N)c1ccc(Oc2cc(Cl)c(Br)cc2Cl)cc1Br. The molecule has 2 N–H and O–H groups in total. The Labute approximate surface area is 144 Å². The molecule has 0 fully saturated rings. The first-order valence-corrected chi connectivity index (χ1v) is 8.10. The zero-order valence-electron chi connectivity index (χ0n) is 10.5. The molecule has 0 heterocycles. The predicted octanol–water partition coefficient (Wildman–Crippen LogP) is 6.33. The van der Waals surface area contributed by atoms with Crippen LogP contribution < -0.4 is 10.5 Å². The molecular formula is C14H11Br2Cl2NO. The quantitative estimate of drug-likeness (QED) is 0.567. The molecule has 0 radical (unpaired) electrons. The van der Waals surface area contributed by atoms with Crippen molar-refractivity contribution >= 4 is 55.1 Å². The first-order chi connectivity index (χ1) is 9.38. The minimum absolute atomic E-state index is 0.0517. The van der Waals surface area contributed by atoms with E-state index < -0.39 is 0 Å². The van der Waals surface area contributed by atoms with Crippen LogP contribution >= 0.6 is 55.1 Å². The minimum atomic E-state index is -0.0517. The van der Waals surface area contributed by atoms with Gasteiger partial charge in [0.2, 0.25) is 0 Å². The van der Waals surface area contributed by atoms with Gasteiger partial charge in [-0.15, -0.1) is 0 Å². The van der Waals surface area contributed by atoms with Gasteiger partial charge in [0.15, 0.2) is 0 Å². The van der Waals surface area contributed by atoms with E-state index >= 15 is 0 Å². The number of rotatable bonds is 3. The van der Waals surface area contributed by atoms with Crippen molar-refractivity contribution in [1.82, 2.24) is 0 Å². The van der Waals surface area contributed by atoms with Crippen LogP contribution in [0.15, 0.2) is 39.3 Å². The average Bonchev–Trinajstić information content (AvgIpc) is 2.35. The van der Waals surface area contributed by atoms with Crippen molar-refractivity contribution in [3.05, 3.63) is 54.9 Å². The maximum absolute atomic E-state index is 6.13. The highest BCUT2D eigenvalue weighted by Gasteiger charge is 2.10. The lowest BCUT2D eigenvalue weighted by atomic mass is 10.1. The van der Waals surface area contributed by atoms with E-state index in [2.05, 4.69) is 31.9 Å². The van der Waals surface area contributed by atoms with Gasteiger partial charge < -0.3 is 10.5 Å². The number of halogens is 4. The molecule has 2 aromatic rings. The smallest absolute Gasteiger partial charge is 0.147 e. The van der Waals surface area contributed by atoms with E-state index in [0.29, 0.717) is 21.5 Å². The topological polar surface area (TPSA) is 35.2 Å². The Morgan fingerprint density at radius 1 is 1.05 bits per heavy atom. The van der Waals surface area contributed by atoms with Crippen molar-refractivity contribution in [2.45, 2.75) is 13.0 Å². The Kier molecular flexibility index (Phi) is 5.37. The molecule has 0 bridgehead atoms. The molecule has 20 heavy (non-hydrogen) atoms. The Bertz CT molecular complexity index is 647. The number of hydrogen-bond acceptors (Lipinski definition) is 2. The van der Waals surface area contributed by atoms with Crippen LogP contribution in [0.4, 0.5) is 0 Å². The van der Waals surface area contributed by atoms with E-state index in [9.17, 15) is 0 Å². The molecule has 1 atom stereocenters. The first-order valence-electron chi connectivity index (χ1n) is 5.76. The molecule has 106 valence electrons. The lowest BCUT2D eigenvalue weighted by Crippen LogP contribution is -2.05. The Balaban J connectivity index is 2.31. The largest absolute Gasteiger partial charge is 0.456 e. The molecule has 0 saturated heterocycles. The summed E-state index contributed by atoms with van der Waals surface area (Å²) in [6, 6.07) is 8.93. The van der Waals surface area contributed by atoms with Crippen molar-refractivity contribution in [3.63, 3.8) is 0 Å². The molecule has 0 aliphatic rings. The highest BCUT2D eigenvalue weighted by atomic mass is 79.9. The molecule has 0 aliphatic heterocycles. The Hall–Kier alpha value is -0.260. The molecule has 0 amide bonds. The van der Waals surface area contributed by atoms with Gasteiger partial charge in [0, 0.05) is 21.1 Å². The first kappa shape index (κ1) is 16.1. The molecule has 6 heteroatoms. The van der Waals surface area contributed by atoms with Crippen LogP contribution in [0.1, 0.15) is 18.5 Å². The maximum atomic E-state index is 6.13. The summed E-state index contributed by atoms with van der Waals surface area (Å²) >= 11 is 19.0. The van der Waals surface area contributed by atoms with E-state index in [4.69, 9.17) is 33.7 Å². The second-order valence-electron chi connectivity index (χ2n) is 4.27. The van der Waals surface area contributed by atoms with Gasteiger partial charge in [0.25, 0.3) is 0 Å². The molecule has 2 rings (SSSR count). The summed E-state index contributed by atoms with van der Waals surface area (Å²) < 4.78 is 7.37. The fourth-order valence-corrected chi connectivity index (χ4v) is 3.20. The number of ether oxygens (including phenoxy) is 1. The molecule has 0 unspecified atom stereocenters. The van der Waals surface area contributed by atoms with Gasteiger partial charge in [-0.25, -0.2) is 0 Å². The normalized spacial score (nSPS) is 12.3. The van der Waals surface area contributed by atoms with Crippen LogP contribution in [0, 0.1) is 0 Å². The zero-order valence-corrected chi connectivity index (χ0v) is 15.1. The van der Waals surface area contributed by atoms with Gasteiger partial charge in [-0.3, -0.25) is 0 Å². The number of benzene rings is 2. The summed E-state index contributed by atoms with van der Waals surface area (Å²) in [5, 5.41) is 1.02. The van der Waals surface area contributed by atoms with Crippen LogP contribution in [0.2, 0.25) is 10.0 Å². The Morgan fingerprint density at radius 2 is 1.75 bits per heavy atom. The van der Waals surface area contributed by atoms with Gasteiger partial charge in [-0.2, -0.15) is 0 Å². The molecule has 0 saturated carbocycles. The van der Waals surface area contributed by atoms with Crippen LogP contribution in [0.5, 0.6) is 11.5 Å². The lowest BCUT2D eigenvalue weighted by Gasteiger charge is -2.12. The lowest BCUT2D eigenvalue weighted by molar-refractivity contribution is 0.482. The third-order valence-electron chi connectivity index (χ3n) is 2.67. The summed E-state index contributed by atoms with van der Waals surface area (Å²) in [5.74, 6) is 1.15. The van der Waals surface area contributed by atoms with Crippen LogP contribution in [0.25, 0.3) is 0 Å². The fraction of sp³-hybridized carbons (Fsp3) is 0.143. The van der Waals surface area contributed by atoms with Crippen molar-refractivity contribution in [3.8, 4) is 11.5 Å². The van der Waals surface area contributed by atoms with Crippen LogP contribution in [-0.4, -0.2) is 0 Å². The average molecular weight is 440 g/mol. The highest BCUT2D eigenvalue weighted by Crippen LogP contribution is 2.37. The van der Waals surface area contributed by atoms with E-state index in [1.807, 2.05) is 25.1 Å². The second kappa shape index (κ2) is 6.67. The van der Waals surface area contributed by atoms with Gasteiger partial charge >= 0.3 is 0 Å². The van der Waals surface area contributed by atoms with Crippen LogP contribution in [-0.2, 0) is 0 Å². The van der Waals surface area contributed by atoms with E-state index in [1.54, 1.807) is 12.1 Å². The zero-order chi connectivity index (χ0) is 14.9. The minimum Gasteiger partial charge on any atom is -0.456 e. The van der Waals surface area contributed by atoms with Gasteiger partial charge in [0.05, 0.1) is 10.0 Å². The van der Waals surface area contributed by atoms with Crippen LogP contribution in [0.3, 0.4) is 0 Å². The monoisotopic (exact) mass is 437 g/mol. The van der Waals surface area contributed by atoms with E-state index in [0.717, 1.165) is 14.5 Å². The van der Waals surface area contributed by atoms with Crippen molar-refractivity contribution < 1.29 is 4.74 Å². The van der Waals surface area contributed by atoms with E-state index in [1.165, 1.54) is 0 Å². The summed E-state index contributed by atoms with van der Waals surface area (Å²) in [6.07, 6.45) is 0. The van der Waals surface area contributed by atoms with Gasteiger partial charge in [0.1, 0.15) is 11.5 Å². The highest BCUT2D eigenvalue weighted by molar-refractivity contribution is 9.10. The third kappa shape index (κ3) is 3.68. The summed E-state index contributed by atoms with van der Waals surface area (Å²) in [6.45, 7) is 1.92. The molecular weight excluding hydrogens is 429 g/mol. The number of hydrogen-bond donors (Lipinski definition) is 1. The molecule has 2 aromatic carbocycles.